The van der Waals surface area contributed by atoms with Crippen LogP contribution in [0.15, 0.2) is 11.7 Å². The van der Waals surface area contributed by atoms with E-state index in [1.54, 1.807) is 0 Å². The molecule has 2 aliphatic rings. The molecule has 72 valence electrons. The Morgan fingerprint density at radius 1 is 1.08 bits per heavy atom. The SMILES string of the molecule is C1=CSB(C2CCCCCCC2)O1. The van der Waals surface area contributed by atoms with Gasteiger partial charge in [-0.2, -0.15) is 0 Å². The molecule has 13 heavy (non-hydrogen) atoms. The zero-order valence-electron chi connectivity index (χ0n) is 8.08. The highest BCUT2D eigenvalue weighted by atomic mass is 32.2. The first kappa shape index (κ1) is 9.51. The molecule has 1 saturated carbocycles. The van der Waals surface area contributed by atoms with Crippen LogP contribution in [-0.2, 0) is 4.65 Å². The molecule has 0 radical (unpaired) electrons. The molecular weight excluding hydrogens is 179 g/mol. The normalized spacial score (nSPS) is 25.4. The molecule has 0 saturated heterocycles. The van der Waals surface area contributed by atoms with E-state index in [1.165, 1.54) is 44.9 Å². The van der Waals surface area contributed by atoms with Gasteiger partial charge in [0, 0.05) is 0 Å². The first-order valence-corrected chi connectivity index (χ1v) is 6.37. The molecule has 0 atom stereocenters. The highest BCUT2D eigenvalue weighted by Gasteiger charge is 2.30. The molecular formula is C10H17BOS. The van der Waals surface area contributed by atoms with Crippen molar-refractivity contribution in [1.82, 2.24) is 0 Å². The molecule has 1 heterocycles. The van der Waals surface area contributed by atoms with Gasteiger partial charge in [-0.25, -0.2) is 0 Å². The molecule has 2 rings (SSSR count). The topological polar surface area (TPSA) is 9.23 Å². The van der Waals surface area contributed by atoms with Crippen molar-refractivity contribution >= 4 is 17.8 Å². The second kappa shape index (κ2) is 4.99. The summed E-state index contributed by atoms with van der Waals surface area (Å²) in [5.74, 6) is 0.806. The maximum absolute atomic E-state index is 5.57. The van der Waals surface area contributed by atoms with Gasteiger partial charge < -0.3 is 4.65 Å². The Balaban J connectivity index is 1.81. The van der Waals surface area contributed by atoms with Crippen molar-refractivity contribution in [3.8, 4) is 0 Å². The Hall–Kier alpha value is -0.0451. The van der Waals surface area contributed by atoms with Crippen LogP contribution in [-0.4, -0.2) is 6.19 Å². The first-order chi connectivity index (χ1) is 6.47. The first-order valence-electron chi connectivity index (χ1n) is 5.43. The minimum Gasteiger partial charge on any atom is -0.555 e. The summed E-state index contributed by atoms with van der Waals surface area (Å²) in [5, 5.41) is 2.09. The van der Waals surface area contributed by atoms with E-state index in [9.17, 15) is 0 Å². The standard InChI is InChI=1S/C10H17BOS/c1-2-4-6-10(7-5-3-1)11-12-8-9-13-11/h8-10H,1-7H2. The lowest BCUT2D eigenvalue weighted by Crippen LogP contribution is -2.17. The van der Waals surface area contributed by atoms with Crippen molar-refractivity contribution in [3.05, 3.63) is 11.7 Å². The van der Waals surface area contributed by atoms with Crippen molar-refractivity contribution in [1.29, 1.82) is 0 Å². The average molecular weight is 196 g/mol. The van der Waals surface area contributed by atoms with Crippen LogP contribution < -0.4 is 0 Å². The Kier molecular flexibility index (Phi) is 3.65. The summed E-state index contributed by atoms with van der Waals surface area (Å²) in [7, 11) is 0. The molecule has 1 nitrogen and oxygen atoms in total. The van der Waals surface area contributed by atoms with Gasteiger partial charge in [0.1, 0.15) is 0 Å². The van der Waals surface area contributed by atoms with Crippen LogP contribution in [0.3, 0.4) is 0 Å². The zero-order valence-corrected chi connectivity index (χ0v) is 8.89. The Morgan fingerprint density at radius 2 is 1.77 bits per heavy atom. The van der Waals surface area contributed by atoms with Crippen LogP contribution in [0.25, 0.3) is 0 Å². The second-order valence-electron chi connectivity index (χ2n) is 4.02. The van der Waals surface area contributed by atoms with Crippen molar-refractivity contribution in [2.75, 3.05) is 0 Å². The number of rotatable bonds is 1. The zero-order chi connectivity index (χ0) is 8.93. The maximum Gasteiger partial charge on any atom is 0.433 e. The molecule has 0 spiro atoms. The van der Waals surface area contributed by atoms with Crippen LogP contribution in [0.2, 0.25) is 5.82 Å². The highest BCUT2D eigenvalue weighted by molar-refractivity contribution is 8.27. The predicted molar refractivity (Wildman–Crippen MR) is 59.6 cm³/mol. The van der Waals surface area contributed by atoms with Gasteiger partial charge in [0.2, 0.25) is 0 Å². The summed E-state index contributed by atoms with van der Waals surface area (Å²) >= 11 is 1.86. The Labute approximate surface area is 85.3 Å². The quantitative estimate of drug-likeness (QED) is 0.589. The Bertz CT molecular complexity index is 168. The third-order valence-electron chi connectivity index (χ3n) is 3.02. The van der Waals surface area contributed by atoms with Crippen LogP contribution in [0.1, 0.15) is 44.9 Å². The monoisotopic (exact) mass is 196 g/mol. The van der Waals surface area contributed by atoms with E-state index in [-0.39, 0.29) is 0 Å². The number of hydrogen-bond acceptors (Lipinski definition) is 2. The fourth-order valence-corrected chi connectivity index (χ4v) is 3.14. The lowest BCUT2D eigenvalue weighted by atomic mass is 9.71. The minimum atomic E-state index is 0.443. The van der Waals surface area contributed by atoms with E-state index in [1.807, 2.05) is 17.9 Å². The Morgan fingerprint density at radius 3 is 2.38 bits per heavy atom. The molecule has 1 aliphatic carbocycles. The molecule has 0 unspecified atom stereocenters. The summed E-state index contributed by atoms with van der Waals surface area (Å²) in [6.07, 6.45) is 12.2. The summed E-state index contributed by atoms with van der Waals surface area (Å²) in [4.78, 5) is 0. The van der Waals surface area contributed by atoms with Crippen molar-refractivity contribution in [2.24, 2.45) is 0 Å². The third kappa shape index (κ3) is 2.70. The van der Waals surface area contributed by atoms with E-state index in [0.29, 0.717) is 6.19 Å². The summed E-state index contributed by atoms with van der Waals surface area (Å²) in [5.41, 5.74) is 0. The second-order valence-corrected chi connectivity index (χ2v) is 5.03. The van der Waals surface area contributed by atoms with Crippen LogP contribution in [0.5, 0.6) is 0 Å². The van der Waals surface area contributed by atoms with Gasteiger partial charge in [0.15, 0.2) is 0 Å². The molecule has 1 aliphatic heterocycles. The molecule has 1 fully saturated rings. The summed E-state index contributed by atoms with van der Waals surface area (Å²) in [6, 6.07) is 0. The minimum absolute atomic E-state index is 0.443. The van der Waals surface area contributed by atoms with E-state index < -0.39 is 0 Å². The highest BCUT2D eigenvalue weighted by Crippen LogP contribution is 2.36. The molecule has 0 bridgehead atoms. The fourth-order valence-electron chi connectivity index (χ4n) is 2.23. The molecule has 0 amide bonds. The summed E-state index contributed by atoms with van der Waals surface area (Å²) < 4.78 is 5.57. The maximum atomic E-state index is 5.57. The van der Waals surface area contributed by atoms with Gasteiger partial charge in [-0.1, -0.05) is 44.9 Å². The lowest BCUT2D eigenvalue weighted by molar-refractivity contribution is 0.447. The average Bonchev–Trinajstić information content (AvgIpc) is 2.55. The van der Waals surface area contributed by atoms with Crippen molar-refractivity contribution in [3.63, 3.8) is 0 Å². The molecule has 0 aromatic carbocycles. The largest absolute Gasteiger partial charge is 0.555 e. The lowest BCUT2D eigenvalue weighted by Gasteiger charge is -2.21. The predicted octanol–water partition coefficient (Wildman–Crippen LogP) is 3.82. The van der Waals surface area contributed by atoms with Gasteiger partial charge in [0.05, 0.1) is 6.26 Å². The van der Waals surface area contributed by atoms with Crippen molar-refractivity contribution in [2.45, 2.75) is 50.8 Å². The van der Waals surface area contributed by atoms with Gasteiger partial charge in [0.25, 0.3) is 0 Å². The third-order valence-corrected chi connectivity index (χ3v) is 4.05. The van der Waals surface area contributed by atoms with E-state index in [4.69, 9.17) is 4.65 Å². The smallest absolute Gasteiger partial charge is 0.433 e. The molecule has 0 aromatic rings. The van der Waals surface area contributed by atoms with Crippen LogP contribution in [0, 0.1) is 0 Å². The van der Waals surface area contributed by atoms with Crippen LogP contribution in [0.4, 0.5) is 0 Å². The number of hydrogen-bond donors (Lipinski definition) is 0. The van der Waals surface area contributed by atoms with Gasteiger partial charge in [-0.3, -0.25) is 0 Å². The molecule has 0 aromatic heterocycles. The van der Waals surface area contributed by atoms with E-state index >= 15 is 0 Å². The van der Waals surface area contributed by atoms with E-state index in [0.717, 1.165) is 5.82 Å². The van der Waals surface area contributed by atoms with Crippen LogP contribution >= 0.6 is 11.6 Å². The van der Waals surface area contributed by atoms with E-state index in [2.05, 4.69) is 5.41 Å². The van der Waals surface area contributed by atoms with Gasteiger partial charge in [-0.05, 0) is 11.2 Å². The van der Waals surface area contributed by atoms with Gasteiger partial charge in [-0.15, -0.1) is 11.6 Å². The van der Waals surface area contributed by atoms with Gasteiger partial charge >= 0.3 is 6.19 Å². The molecule has 0 N–H and O–H groups in total. The fraction of sp³-hybridized carbons (Fsp3) is 0.800. The summed E-state index contributed by atoms with van der Waals surface area (Å²) in [6.45, 7) is 0. The van der Waals surface area contributed by atoms with Crippen molar-refractivity contribution < 1.29 is 4.65 Å². The molecule has 3 heteroatoms.